The van der Waals surface area contributed by atoms with E-state index < -0.39 is 5.97 Å². The highest BCUT2D eigenvalue weighted by Gasteiger charge is 2.13. The lowest BCUT2D eigenvalue weighted by Gasteiger charge is -2.06. The standard InChI is InChI=1S/C10H16O3/c1-5-9(8(4)11)7(3)10(12)13-6-2/h5-6H2,1-4H3. The summed E-state index contributed by atoms with van der Waals surface area (Å²) in [4.78, 5) is 22.3. The molecule has 3 heteroatoms. The van der Waals surface area contributed by atoms with Gasteiger partial charge in [-0.25, -0.2) is 4.79 Å². The van der Waals surface area contributed by atoms with Gasteiger partial charge >= 0.3 is 5.97 Å². The van der Waals surface area contributed by atoms with Crippen molar-refractivity contribution in [1.29, 1.82) is 0 Å². The number of carbonyl (C=O) groups excluding carboxylic acids is 2. The Hall–Kier alpha value is -1.12. The van der Waals surface area contributed by atoms with Gasteiger partial charge in [0.25, 0.3) is 0 Å². The van der Waals surface area contributed by atoms with Crippen LogP contribution in [0, 0.1) is 0 Å². The molecule has 0 aromatic heterocycles. The van der Waals surface area contributed by atoms with Crippen LogP contribution >= 0.6 is 0 Å². The summed E-state index contributed by atoms with van der Waals surface area (Å²) in [6, 6.07) is 0. The van der Waals surface area contributed by atoms with E-state index in [4.69, 9.17) is 4.74 Å². The van der Waals surface area contributed by atoms with E-state index in [1.54, 1.807) is 13.8 Å². The number of hydrogen-bond acceptors (Lipinski definition) is 3. The van der Waals surface area contributed by atoms with Crippen molar-refractivity contribution >= 4 is 11.8 Å². The molecule has 0 amide bonds. The van der Waals surface area contributed by atoms with E-state index in [2.05, 4.69) is 0 Å². The van der Waals surface area contributed by atoms with Crippen molar-refractivity contribution in [3.05, 3.63) is 11.1 Å². The second-order valence-corrected chi connectivity index (χ2v) is 2.73. The predicted octanol–water partition coefficient (Wildman–Crippen LogP) is 1.86. The third kappa shape index (κ3) is 3.40. The summed E-state index contributed by atoms with van der Waals surface area (Å²) in [7, 11) is 0. The number of allylic oxidation sites excluding steroid dienone is 1. The molecule has 3 nitrogen and oxygen atoms in total. The molecule has 0 radical (unpaired) electrons. The monoisotopic (exact) mass is 184 g/mol. The molecular formula is C10H16O3. The van der Waals surface area contributed by atoms with Crippen LogP contribution in [0.1, 0.15) is 34.1 Å². The summed E-state index contributed by atoms with van der Waals surface area (Å²) in [5.41, 5.74) is 0.982. The predicted molar refractivity (Wildman–Crippen MR) is 50.3 cm³/mol. The quantitative estimate of drug-likeness (QED) is 0.494. The Balaban J connectivity index is 4.74. The molecule has 0 rings (SSSR count). The van der Waals surface area contributed by atoms with E-state index in [0.29, 0.717) is 24.2 Å². The molecule has 0 fully saturated rings. The summed E-state index contributed by atoms with van der Waals surface area (Å²) in [5, 5.41) is 0. The van der Waals surface area contributed by atoms with Gasteiger partial charge < -0.3 is 4.74 Å². The molecule has 0 unspecified atom stereocenters. The maximum atomic E-state index is 11.2. The van der Waals surface area contributed by atoms with Gasteiger partial charge in [-0.1, -0.05) is 6.92 Å². The first-order valence-electron chi connectivity index (χ1n) is 4.42. The van der Waals surface area contributed by atoms with Gasteiger partial charge in [-0.2, -0.15) is 0 Å². The molecular weight excluding hydrogens is 168 g/mol. The third-order valence-electron chi connectivity index (χ3n) is 1.81. The number of carbonyl (C=O) groups is 2. The SMILES string of the molecule is CCOC(=O)C(C)=C(CC)C(C)=O. The molecule has 0 aromatic rings. The Morgan fingerprint density at radius 2 is 1.69 bits per heavy atom. The van der Waals surface area contributed by atoms with Crippen molar-refractivity contribution in [3.8, 4) is 0 Å². The summed E-state index contributed by atoms with van der Waals surface area (Å²) < 4.78 is 4.79. The van der Waals surface area contributed by atoms with Gasteiger partial charge in [-0.3, -0.25) is 4.79 Å². The molecule has 0 saturated heterocycles. The highest BCUT2D eigenvalue weighted by molar-refractivity contribution is 6.02. The Bertz CT molecular complexity index is 239. The molecule has 0 N–H and O–H groups in total. The highest BCUT2D eigenvalue weighted by atomic mass is 16.5. The van der Waals surface area contributed by atoms with Gasteiger partial charge in [0, 0.05) is 11.1 Å². The van der Waals surface area contributed by atoms with Crippen LogP contribution in [0.25, 0.3) is 0 Å². The Kier molecular flexibility index (Phi) is 5.04. The van der Waals surface area contributed by atoms with E-state index in [9.17, 15) is 9.59 Å². The third-order valence-corrected chi connectivity index (χ3v) is 1.81. The summed E-state index contributed by atoms with van der Waals surface area (Å²) in [6.07, 6.45) is 0.569. The maximum Gasteiger partial charge on any atom is 0.334 e. The zero-order valence-electron chi connectivity index (χ0n) is 8.64. The van der Waals surface area contributed by atoms with Gasteiger partial charge in [0.2, 0.25) is 0 Å². The first-order chi connectivity index (χ1) is 6.04. The van der Waals surface area contributed by atoms with Crippen LogP contribution in [-0.4, -0.2) is 18.4 Å². The lowest BCUT2D eigenvalue weighted by molar-refractivity contribution is -0.138. The van der Waals surface area contributed by atoms with E-state index >= 15 is 0 Å². The van der Waals surface area contributed by atoms with Crippen LogP contribution in [0.3, 0.4) is 0 Å². The minimum atomic E-state index is -0.394. The minimum Gasteiger partial charge on any atom is -0.463 e. The summed E-state index contributed by atoms with van der Waals surface area (Å²) in [5.74, 6) is -0.456. The van der Waals surface area contributed by atoms with Crippen LogP contribution in [-0.2, 0) is 14.3 Å². The Morgan fingerprint density at radius 3 is 2.00 bits per heavy atom. The second-order valence-electron chi connectivity index (χ2n) is 2.73. The maximum absolute atomic E-state index is 11.2. The van der Waals surface area contributed by atoms with E-state index in [-0.39, 0.29) is 5.78 Å². The molecule has 0 spiro atoms. The second kappa shape index (κ2) is 5.51. The van der Waals surface area contributed by atoms with Gasteiger partial charge in [0.15, 0.2) is 5.78 Å². The molecule has 13 heavy (non-hydrogen) atoms. The van der Waals surface area contributed by atoms with Gasteiger partial charge in [-0.15, -0.1) is 0 Å². The minimum absolute atomic E-state index is 0.0620. The highest BCUT2D eigenvalue weighted by Crippen LogP contribution is 2.10. The molecule has 0 saturated carbocycles. The summed E-state index contributed by atoms with van der Waals surface area (Å²) >= 11 is 0. The first-order valence-corrected chi connectivity index (χ1v) is 4.42. The average molecular weight is 184 g/mol. The number of esters is 1. The molecule has 0 aliphatic carbocycles. The summed E-state index contributed by atoms with van der Waals surface area (Å²) in [6.45, 7) is 7.01. The van der Waals surface area contributed by atoms with Crippen LogP contribution in [0.4, 0.5) is 0 Å². The zero-order chi connectivity index (χ0) is 10.4. The van der Waals surface area contributed by atoms with Gasteiger partial charge in [-0.05, 0) is 27.2 Å². The smallest absolute Gasteiger partial charge is 0.334 e. The van der Waals surface area contributed by atoms with Crippen molar-refractivity contribution in [2.24, 2.45) is 0 Å². The fraction of sp³-hybridized carbons (Fsp3) is 0.600. The van der Waals surface area contributed by atoms with Crippen molar-refractivity contribution in [2.45, 2.75) is 34.1 Å². The van der Waals surface area contributed by atoms with Crippen LogP contribution in [0.15, 0.2) is 11.1 Å². The van der Waals surface area contributed by atoms with Crippen molar-refractivity contribution in [2.75, 3.05) is 6.61 Å². The van der Waals surface area contributed by atoms with E-state index in [0.717, 1.165) is 0 Å². The molecule has 0 aliphatic rings. The fourth-order valence-electron chi connectivity index (χ4n) is 1.14. The van der Waals surface area contributed by atoms with Crippen LogP contribution in [0.5, 0.6) is 0 Å². The molecule has 0 aliphatic heterocycles. The average Bonchev–Trinajstić information content (AvgIpc) is 2.05. The molecule has 74 valence electrons. The van der Waals surface area contributed by atoms with Crippen molar-refractivity contribution < 1.29 is 14.3 Å². The fourth-order valence-corrected chi connectivity index (χ4v) is 1.14. The normalized spacial score (nSPS) is 12.0. The molecule has 0 atom stereocenters. The van der Waals surface area contributed by atoms with Crippen molar-refractivity contribution in [3.63, 3.8) is 0 Å². The number of ketones is 1. The largest absolute Gasteiger partial charge is 0.463 e. The number of Topliss-reactive ketones (excluding diaryl/α,β-unsaturated/α-hetero) is 1. The molecule has 0 aromatic carbocycles. The van der Waals surface area contributed by atoms with Gasteiger partial charge in [0.05, 0.1) is 6.61 Å². The van der Waals surface area contributed by atoms with E-state index in [1.165, 1.54) is 6.92 Å². The van der Waals surface area contributed by atoms with Gasteiger partial charge in [0.1, 0.15) is 0 Å². The Morgan fingerprint density at radius 1 is 1.15 bits per heavy atom. The lowest BCUT2D eigenvalue weighted by Crippen LogP contribution is -2.10. The number of ether oxygens (including phenoxy) is 1. The van der Waals surface area contributed by atoms with E-state index in [1.807, 2.05) is 6.92 Å². The van der Waals surface area contributed by atoms with Crippen LogP contribution in [0.2, 0.25) is 0 Å². The van der Waals surface area contributed by atoms with Crippen molar-refractivity contribution in [1.82, 2.24) is 0 Å². The molecule has 0 bridgehead atoms. The number of rotatable bonds is 4. The molecule has 0 heterocycles. The lowest BCUT2D eigenvalue weighted by atomic mass is 10.0. The zero-order valence-corrected chi connectivity index (χ0v) is 8.64. The topological polar surface area (TPSA) is 43.4 Å². The number of hydrogen-bond donors (Lipinski definition) is 0. The van der Waals surface area contributed by atoms with Crippen LogP contribution < -0.4 is 0 Å². The Labute approximate surface area is 78.8 Å². The first kappa shape index (κ1) is 11.9.